The molecule has 1 heterocycles. The first-order chi connectivity index (χ1) is 34.1. The molecule has 3 aliphatic carbocycles. The van der Waals surface area contributed by atoms with Crippen LogP contribution in [0.1, 0.15) is 90.2 Å². The Hall–Kier alpha value is -4.31. The number of amides is 1. The van der Waals surface area contributed by atoms with Crippen LogP contribution in [-0.4, -0.2) is 133 Å². The fraction of sp³-hybridized carbons (Fsp3) is 0.571. The lowest BCUT2D eigenvalue weighted by molar-refractivity contribution is -0.346. The van der Waals surface area contributed by atoms with Crippen molar-refractivity contribution in [2.45, 2.75) is 135 Å². The summed E-state index contributed by atoms with van der Waals surface area (Å²) in [6.07, 6.45) is -16.6. The van der Waals surface area contributed by atoms with Crippen molar-refractivity contribution in [3.05, 3.63) is 82.9 Å². The highest BCUT2D eigenvalue weighted by Gasteiger charge is 2.79. The van der Waals surface area contributed by atoms with Crippen molar-refractivity contribution < 1.29 is 86.4 Å². The van der Waals surface area contributed by atoms with E-state index in [1.807, 2.05) is 0 Å². The number of halogens is 6. The van der Waals surface area contributed by atoms with Gasteiger partial charge in [-0.25, -0.2) is 24.0 Å². The fourth-order valence-electron chi connectivity index (χ4n) is 10.3. The Balaban J connectivity index is 1.61. The summed E-state index contributed by atoms with van der Waals surface area (Å²) in [5.41, 5.74) is -10.2. The van der Waals surface area contributed by atoms with Gasteiger partial charge in [-0.1, -0.05) is 132 Å². The number of hydrogen-bond donors (Lipinski definition) is 3. The summed E-state index contributed by atoms with van der Waals surface area (Å²) in [6, 6.07) is 13.8. The van der Waals surface area contributed by atoms with E-state index in [1.54, 1.807) is 45.0 Å². The number of aliphatic hydroxyl groups is 2. The maximum absolute atomic E-state index is 16.3. The lowest BCUT2D eigenvalue weighted by Gasteiger charge is -2.67. The van der Waals surface area contributed by atoms with Crippen LogP contribution in [0.5, 0.6) is 0 Å². The molecule has 406 valence electrons. The maximum Gasteiger partial charge on any atom is 0.509 e. The topological polar surface area (TPSA) is 255 Å². The Labute approximate surface area is 455 Å². The summed E-state index contributed by atoms with van der Waals surface area (Å²) in [5, 5.41) is 28.4. The number of Topliss-reactive ketones (excluding diaryl/α,β-unsaturated/α-hetero) is 1. The van der Waals surface area contributed by atoms with Crippen molar-refractivity contribution in [2.24, 2.45) is 16.7 Å². The van der Waals surface area contributed by atoms with Crippen LogP contribution in [0.2, 0.25) is 0 Å². The van der Waals surface area contributed by atoms with Crippen LogP contribution in [0.15, 0.2) is 71.8 Å². The number of aliphatic hydroxyl groups excluding tert-OH is 1. The first-order valence-electron chi connectivity index (χ1n) is 22.9. The Bertz CT molecular complexity index is 2510. The Morgan fingerprint density at radius 3 is 1.89 bits per heavy atom. The maximum atomic E-state index is 16.3. The molecule has 1 aliphatic heterocycles. The SMILES string of the molecule is CC(=O)O[C@@]12CO[C@@H]1C[C@H](OC(=O)OCC(Cl)(Cl)Cl)[C@@]1(C)C(=O)[C@H](OC(=O)OCC(Cl)(Cl)Cl)C3=C(C)[C@@H](OC(=O)[C@@H](O)[C@H](NC(=O)OC(C)(C)C)c4ccccc4)C[C@@](O)([C@@H](OC(=O)c4ccccc4)[C@H]21)C3(C)C. The van der Waals surface area contributed by atoms with E-state index in [0.717, 1.165) is 6.92 Å². The van der Waals surface area contributed by atoms with Gasteiger partial charge in [0.1, 0.15) is 48.8 Å². The van der Waals surface area contributed by atoms with Crippen molar-refractivity contribution in [1.82, 2.24) is 5.32 Å². The third kappa shape index (κ3) is 12.4. The van der Waals surface area contributed by atoms with Crippen molar-refractivity contribution in [3.8, 4) is 0 Å². The number of alkyl halides is 6. The van der Waals surface area contributed by atoms with E-state index in [4.69, 9.17) is 112 Å². The minimum Gasteiger partial charge on any atom is -0.456 e. The smallest absolute Gasteiger partial charge is 0.456 e. The highest BCUT2D eigenvalue weighted by atomic mass is 35.6. The standard InChI is InChI=1S/C49H55Cl6NO18/c1-24-28(69-39(61)33(58)32(26-15-11-9-12-16-26)56-40(62)74-43(3,4)5)20-47(65)37(72-38(60)27-17-13-10-14-18-27)35-45(8,36(59)34(31(24)44(47,6)7)71-42(64)68-23-49(53,54)55)29(70-41(63)67-22-48(50,51)52)19-30-46(35,21-66-30)73-25(2)57/h9-18,28-30,32-35,37,58,65H,19-23H2,1-8H3,(H,56,62)/t28-,29-,30+,32+,33-,34+,35-,37-,45+,46-,47+/m0/s1. The number of alkyl carbamates (subject to hydrolysis) is 1. The number of esters is 3. The van der Waals surface area contributed by atoms with E-state index in [0.29, 0.717) is 0 Å². The number of benzene rings is 2. The summed E-state index contributed by atoms with van der Waals surface area (Å²) in [6.45, 7) is 9.11. The largest absolute Gasteiger partial charge is 0.509 e. The first kappa shape index (κ1) is 58.9. The molecule has 2 aromatic rings. The van der Waals surface area contributed by atoms with Gasteiger partial charge in [0.15, 0.2) is 23.6 Å². The molecule has 2 bridgehead atoms. The van der Waals surface area contributed by atoms with Crippen molar-refractivity contribution in [1.29, 1.82) is 0 Å². The molecule has 25 heteroatoms. The van der Waals surface area contributed by atoms with Crippen molar-refractivity contribution in [3.63, 3.8) is 0 Å². The number of ketones is 1. The fourth-order valence-corrected chi connectivity index (χ4v) is 10.7. The van der Waals surface area contributed by atoms with Gasteiger partial charge in [-0.05, 0) is 63.5 Å². The highest BCUT2D eigenvalue weighted by Crippen LogP contribution is 2.65. The van der Waals surface area contributed by atoms with E-state index < -0.39 is 159 Å². The highest BCUT2D eigenvalue weighted by molar-refractivity contribution is 6.68. The second-order valence-corrected chi connectivity index (χ2v) is 25.1. The monoisotopic (exact) mass is 1160 g/mol. The zero-order valence-corrected chi connectivity index (χ0v) is 45.7. The molecule has 4 aliphatic rings. The third-order valence-electron chi connectivity index (χ3n) is 13.7. The van der Waals surface area contributed by atoms with Gasteiger partial charge in [-0.2, -0.15) is 0 Å². The molecule has 11 atom stereocenters. The average Bonchev–Trinajstić information content (AvgIpc) is 3.29. The molecule has 1 saturated heterocycles. The van der Waals surface area contributed by atoms with Crippen molar-refractivity contribution in [2.75, 3.05) is 19.8 Å². The zero-order chi connectivity index (χ0) is 55.1. The lowest BCUT2D eigenvalue weighted by Crippen LogP contribution is -2.82. The molecule has 1 amide bonds. The predicted molar refractivity (Wildman–Crippen MR) is 265 cm³/mol. The summed E-state index contributed by atoms with van der Waals surface area (Å²) >= 11 is 35.4. The summed E-state index contributed by atoms with van der Waals surface area (Å²) in [7, 11) is 0. The zero-order valence-electron chi connectivity index (χ0n) is 41.1. The quantitative estimate of drug-likeness (QED) is 0.0781. The van der Waals surface area contributed by atoms with Gasteiger partial charge in [0.2, 0.25) is 7.59 Å². The van der Waals surface area contributed by atoms with Gasteiger partial charge in [-0.3, -0.25) is 9.59 Å². The molecule has 3 fully saturated rings. The van der Waals surface area contributed by atoms with Crippen molar-refractivity contribution >= 4 is 112 Å². The second-order valence-electron chi connectivity index (χ2n) is 20.1. The Morgan fingerprint density at radius 2 is 1.38 bits per heavy atom. The van der Waals surface area contributed by atoms with Gasteiger partial charge >= 0.3 is 36.3 Å². The predicted octanol–water partition coefficient (Wildman–Crippen LogP) is 8.32. The van der Waals surface area contributed by atoms with Crippen LogP contribution in [-0.2, 0) is 57.0 Å². The summed E-state index contributed by atoms with van der Waals surface area (Å²) in [4.78, 5) is 99.4. The third-order valence-corrected chi connectivity index (χ3v) is 14.3. The molecule has 0 unspecified atom stereocenters. The second kappa shape index (κ2) is 22.0. The summed E-state index contributed by atoms with van der Waals surface area (Å²) in [5.74, 6) is -6.38. The number of nitrogens with one attached hydrogen (secondary N) is 1. The van der Waals surface area contributed by atoms with Crippen LogP contribution < -0.4 is 5.32 Å². The molecular weight excluding hydrogens is 1100 g/mol. The Kier molecular flexibility index (Phi) is 17.5. The van der Waals surface area contributed by atoms with Gasteiger partial charge in [0.05, 0.1) is 29.5 Å². The molecule has 74 heavy (non-hydrogen) atoms. The van der Waals surface area contributed by atoms with Crippen LogP contribution >= 0.6 is 69.6 Å². The van der Waals surface area contributed by atoms with Crippen LogP contribution in [0.25, 0.3) is 0 Å². The number of carbonyl (C=O) groups excluding carboxylic acids is 7. The van der Waals surface area contributed by atoms with Gasteiger partial charge in [0, 0.05) is 25.2 Å². The van der Waals surface area contributed by atoms with Crippen LogP contribution in [0.4, 0.5) is 14.4 Å². The molecule has 6 rings (SSSR count). The Morgan fingerprint density at radius 1 is 0.824 bits per heavy atom. The van der Waals surface area contributed by atoms with Gasteiger partial charge in [-0.15, -0.1) is 0 Å². The molecule has 2 saturated carbocycles. The lowest BCUT2D eigenvalue weighted by atomic mass is 9.44. The molecular formula is C49H55Cl6NO18. The van der Waals surface area contributed by atoms with E-state index in [1.165, 1.54) is 64.1 Å². The minimum atomic E-state index is -2.66. The first-order valence-corrected chi connectivity index (χ1v) is 25.2. The number of carbonyl (C=O) groups is 7. The number of rotatable bonds is 12. The summed E-state index contributed by atoms with van der Waals surface area (Å²) < 4.78 is 47.9. The van der Waals surface area contributed by atoms with Crippen LogP contribution in [0, 0.1) is 16.7 Å². The minimum absolute atomic E-state index is 0.0470. The molecule has 3 N–H and O–H groups in total. The van der Waals surface area contributed by atoms with Gasteiger partial charge < -0.3 is 58.2 Å². The van der Waals surface area contributed by atoms with E-state index in [-0.39, 0.29) is 22.3 Å². The number of fused-ring (bicyclic) bond motifs is 5. The number of ether oxygens (including phenoxy) is 9. The van der Waals surface area contributed by atoms with E-state index >= 15 is 4.79 Å². The van der Waals surface area contributed by atoms with E-state index in [2.05, 4.69) is 5.32 Å². The molecule has 19 nitrogen and oxygen atoms in total. The molecule has 0 aromatic heterocycles. The number of hydrogen-bond acceptors (Lipinski definition) is 18. The average molecular weight is 1160 g/mol. The molecule has 0 spiro atoms. The molecule has 2 aromatic carbocycles. The van der Waals surface area contributed by atoms with Gasteiger partial charge in [0.25, 0.3) is 0 Å². The molecule has 0 radical (unpaired) electrons. The normalized spacial score (nSPS) is 29.2. The van der Waals surface area contributed by atoms with E-state index in [9.17, 15) is 39.0 Å². The van der Waals surface area contributed by atoms with Crippen LogP contribution in [0.3, 0.4) is 0 Å².